The molecule has 4 rings (SSSR count). The Morgan fingerprint density at radius 2 is 2.08 bits per heavy atom. The van der Waals surface area contributed by atoms with Gasteiger partial charge in [0.15, 0.2) is 5.82 Å². The normalized spacial score (nSPS) is 38.7. The van der Waals surface area contributed by atoms with Crippen LogP contribution in [0.5, 0.6) is 0 Å². The van der Waals surface area contributed by atoms with Crippen LogP contribution < -0.4 is 5.73 Å². The first kappa shape index (κ1) is 17.3. The van der Waals surface area contributed by atoms with Gasteiger partial charge in [-0.05, 0) is 30.4 Å². The van der Waals surface area contributed by atoms with Crippen LogP contribution in [0.25, 0.3) is 0 Å². The van der Waals surface area contributed by atoms with Crippen molar-refractivity contribution in [2.75, 3.05) is 11.9 Å². The van der Waals surface area contributed by atoms with Gasteiger partial charge in [-0.25, -0.2) is 4.98 Å². The van der Waals surface area contributed by atoms with Crippen molar-refractivity contribution in [2.45, 2.75) is 31.0 Å². The number of halogens is 1. The lowest BCUT2D eigenvalue weighted by atomic mass is 9.84. The van der Waals surface area contributed by atoms with E-state index in [0.29, 0.717) is 17.8 Å². The number of nitrogens with two attached hydrogens (primary N) is 1. The molecule has 0 saturated heterocycles. The minimum atomic E-state index is -4.17. The first-order valence-corrected chi connectivity index (χ1v) is 10.1. The van der Waals surface area contributed by atoms with Gasteiger partial charge in [0.2, 0.25) is 5.28 Å². The molecule has 25 heavy (non-hydrogen) atoms. The fourth-order valence-electron chi connectivity index (χ4n) is 4.58. The topological polar surface area (TPSA) is 162 Å². The van der Waals surface area contributed by atoms with E-state index in [1.807, 2.05) is 0 Å². The Labute approximate surface area is 148 Å². The van der Waals surface area contributed by atoms with Crippen LogP contribution in [0.4, 0.5) is 11.5 Å². The molecule has 1 unspecified atom stereocenters. The molecule has 0 aromatic carbocycles. The van der Waals surface area contributed by atoms with Gasteiger partial charge in [0.1, 0.15) is 5.69 Å². The van der Waals surface area contributed by atoms with Gasteiger partial charge in [0, 0.05) is 23.5 Å². The summed E-state index contributed by atoms with van der Waals surface area (Å²) in [4.78, 5) is 30.6. The monoisotopic (exact) mass is 388 g/mol. The molecule has 6 atom stereocenters. The lowest BCUT2D eigenvalue weighted by Gasteiger charge is -2.26. The third kappa shape index (κ3) is 2.61. The van der Waals surface area contributed by atoms with E-state index in [4.69, 9.17) is 27.1 Å². The van der Waals surface area contributed by atoms with E-state index in [2.05, 4.69) is 15.0 Å². The predicted octanol–water partition coefficient (Wildman–Crippen LogP) is 0.437. The van der Waals surface area contributed by atoms with Crippen molar-refractivity contribution in [2.24, 2.45) is 22.2 Å². The summed E-state index contributed by atoms with van der Waals surface area (Å²) in [6.07, 6.45) is 0.0126. The van der Waals surface area contributed by atoms with Crippen molar-refractivity contribution in [3.8, 4) is 0 Å². The van der Waals surface area contributed by atoms with E-state index in [0.717, 1.165) is 0 Å². The van der Waals surface area contributed by atoms with Crippen molar-refractivity contribution >= 4 is 36.9 Å². The number of anilines is 1. The minimum Gasteiger partial charge on any atom is -0.390 e. The average Bonchev–Trinajstić information content (AvgIpc) is 3.01. The third-order valence-electron chi connectivity index (χ3n) is 5.82. The maximum Gasteiger partial charge on any atom is 0.325 e. The van der Waals surface area contributed by atoms with Crippen molar-refractivity contribution in [3.05, 3.63) is 11.0 Å². The number of aliphatic imine (C=N–C) groups is 1. The number of aromatic nitrogens is 2. The highest BCUT2D eigenvalue weighted by molar-refractivity contribution is 7.51. The molecule has 0 bridgehead atoms. The number of aliphatic hydroxyl groups is 2. The largest absolute Gasteiger partial charge is 0.390 e. The van der Waals surface area contributed by atoms with Crippen LogP contribution >= 0.6 is 19.2 Å². The second-order valence-electron chi connectivity index (χ2n) is 7.11. The third-order valence-corrected chi connectivity index (χ3v) is 6.80. The lowest BCUT2D eigenvalue weighted by Crippen LogP contribution is -2.36. The van der Waals surface area contributed by atoms with Gasteiger partial charge in [-0.15, -0.1) is 0 Å². The first-order valence-electron chi connectivity index (χ1n) is 7.92. The highest BCUT2D eigenvalue weighted by Crippen LogP contribution is 2.71. The fraction of sp³-hybridized carbons (Fsp3) is 0.643. The van der Waals surface area contributed by atoms with Crippen LogP contribution in [-0.2, 0) is 4.57 Å². The van der Waals surface area contributed by atoms with Crippen LogP contribution in [0.3, 0.4) is 0 Å². The molecule has 11 heteroatoms. The van der Waals surface area contributed by atoms with Crippen LogP contribution in [0.15, 0.2) is 4.99 Å². The number of hydrogen-bond donors (Lipinski definition) is 5. The molecule has 136 valence electrons. The molecule has 2 fully saturated rings. The number of nitrogens with zero attached hydrogens (tertiary/aromatic N) is 3. The molecule has 9 nitrogen and oxygen atoms in total. The number of fused-ring (bicyclic) bond motifs is 2. The Morgan fingerprint density at radius 1 is 1.36 bits per heavy atom. The minimum absolute atomic E-state index is 0.0108. The highest BCUT2D eigenvalue weighted by Gasteiger charge is 2.71. The molecule has 1 aromatic heterocycles. The summed E-state index contributed by atoms with van der Waals surface area (Å²) in [6, 6.07) is 0. The Hall–Kier alpha value is -1.09. The standard InChI is InChI=1S/C14H18ClN4O5P/c15-13-18-8-5(4-17-9(8)12(16)19-13)7-6-3-14(6,11(21)10(7)20)1-2-25(22,23)24/h4-7,10-11,20-21H,1-3H2,(H2,16,18,19)(H2,22,23,24)/t5?,6-,7-,10+,11+,14+/m1/s1. The summed E-state index contributed by atoms with van der Waals surface area (Å²) in [5.41, 5.74) is 6.09. The van der Waals surface area contributed by atoms with E-state index in [9.17, 15) is 14.8 Å². The van der Waals surface area contributed by atoms with Crippen LogP contribution in [0.2, 0.25) is 5.28 Å². The van der Waals surface area contributed by atoms with E-state index < -0.39 is 25.2 Å². The van der Waals surface area contributed by atoms with Crippen molar-refractivity contribution in [3.63, 3.8) is 0 Å². The molecule has 3 aliphatic rings. The molecule has 0 radical (unpaired) electrons. The number of rotatable bonds is 4. The summed E-state index contributed by atoms with van der Waals surface area (Å²) in [5, 5.41) is 21.1. The summed E-state index contributed by atoms with van der Waals surface area (Å²) in [7, 11) is -4.17. The van der Waals surface area contributed by atoms with Crippen molar-refractivity contribution < 1.29 is 24.6 Å². The molecule has 0 spiro atoms. The van der Waals surface area contributed by atoms with Gasteiger partial charge < -0.3 is 25.7 Å². The summed E-state index contributed by atoms with van der Waals surface area (Å²) in [5.74, 6) is -0.638. The molecule has 0 amide bonds. The number of hydrogen-bond acceptors (Lipinski definition) is 7. The quantitative estimate of drug-likeness (QED) is 0.366. The van der Waals surface area contributed by atoms with Crippen LogP contribution in [0, 0.1) is 17.3 Å². The molecule has 1 aromatic rings. The van der Waals surface area contributed by atoms with Crippen molar-refractivity contribution in [1.82, 2.24) is 9.97 Å². The zero-order valence-electron chi connectivity index (χ0n) is 13.0. The Kier molecular flexibility index (Phi) is 3.78. The zero-order chi connectivity index (χ0) is 18.1. The zero-order valence-corrected chi connectivity index (χ0v) is 14.7. The Bertz CT molecular complexity index is 817. The molecule has 2 aliphatic carbocycles. The molecule has 1 aliphatic heterocycles. The van der Waals surface area contributed by atoms with Gasteiger partial charge in [-0.1, -0.05) is 0 Å². The van der Waals surface area contributed by atoms with E-state index in [1.165, 1.54) is 0 Å². The van der Waals surface area contributed by atoms with Gasteiger partial charge in [0.25, 0.3) is 0 Å². The average molecular weight is 389 g/mol. The fourth-order valence-corrected chi connectivity index (χ4v) is 5.47. The van der Waals surface area contributed by atoms with Gasteiger partial charge in [0.05, 0.1) is 24.1 Å². The predicted molar refractivity (Wildman–Crippen MR) is 89.9 cm³/mol. The molecular weight excluding hydrogens is 371 g/mol. The smallest absolute Gasteiger partial charge is 0.325 e. The second kappa shape index (κ2) is 5.45. The number of aliphatic hydroxyl groups excluding tert-OH is 2. The van der Waals surface area contributed by atoms with Crippen LogP contribution in [0.1, 0.15) is 24.5 Å². The number of nitrogen functional groups attached to an aromatic ring is 1. The highest BCUT2D eigenvalue weighted by atomic mass is 35.5. The maximum absolute atomic E-state index is 11.2. The molecule has 2 heterocycles. The maximum atomic E-state index is 11.2. The van der Waals surface area contributed by atoms with E-state index in [-0.39, 0.29) is 41.4 Å². The summed E-state index contributed by atoms with van der Waals surface area (Å²) >= 11 is 5.88. The molecule has 2 saturated carbocycles. The van der Waals surface area contributed by atoms with Gasteiger partial charge in [-0.2, -0.15) is 4.98 Å². The van der Waals surface area contributed by atoms with Gasteiger partial charge >= 0.3 is 7.60 Å². The van der Waals surface area contributed by atoms with E-state index in [1.54, 1.807) is 6.21 Å². The first-order chi connectivity index (χ1) is 11.6. The second-order valence-corrected chi connectivity index (χ2v) is 9.23. The van der Waals surface area contributed by atoms with Crippen molar-refractivity contribution in [1.29, 1.82) is 0 Å². The van der Waals surface area contributed by atoms with Gasteiger partial charge in [-0.3, -0.25) is 9.56 Å². The van der Waals surface area contributed by atoms with E-state index >= 15 is 0 Å². The summed E-state index contributed by atoms with van der Waals surface area (Å²) in [6.45, 7) is 0. The lowest BCUT2D eigenvalue weighted by molar-refractivity contribution is -0.0225. The molecular formula is C14H18ClN4O5P. The summed E-state index contributed by atoms with van der Waals surface area (Å²) < 4.78 is 11.2. The SMILES string of the molecule is Nc1nc(Cl)nc2c1N=CC2[C@H]1[C@H](O)[C@H](O)[C@@]2(CCP(=O)(O)O)C[C@H]12. The molecule has 6 N–H and O–H groups in total. The van der Waals surface area contributed by atoms with Crippen LogP contribution in [-0.4, -0.2) is 54.6 Å². The Balaban J connectivity index is 1.62. The Morgan fingerprint density at radius 3 is 2.76 bits per heavy atom.